The number of carbonyl (C=O) groups excluding carboxylic acids is 3. The Bertz CT molecular complexity index is 1520. The molecule has 0 spiro atoms. The number of fused-ring (bicyclic) bond motifs is 4. The molecule has 10 nitrogen and oxygen atoms in total. The highest BCUT2D eigenvalue weighted by Crippen LogP contribution is 2.18. The van der Waals surface area contributed by atoms with Crippen LogP contribution >= 0.6 is 0 Å². The molecule has 30 heavy (non-hydrogen) atoms. The first-order valence-corrected chi connectivity index (χ1v) is 8.96. The van der Waals surface area contributed by atoms with E-state index in [0.717, 1.165) is 4.52 Å². The summed E-state index contributed by atoms with van der Waals surface area (Å²) in [5.74, 6) is -4.03. The normalized spacial score (nSPS) is 16.2. The smallest absolute Gasteiger partial charge is 0.340 e. The molecule has 1 atom stereocenters. The molecule has 1 N–H and O–H groups in total. The Balaban J connectivity index is 1.87. The van der Waals surface area contributed by atoms with Crippen LogP contribution in [0.3, 0.4) is 0 Å². The highest BCUT2D eigenvalue weighted by Gasteiger charge is 2.38. The molecule has 2 aromatic heterocycles. The molecule has 0 radical (unpaired) electrons. The predicted octanol–water partition coefficient (Wildman–Crippen LogP) is 0.397. The maximum atomic E-state index is 13.2. The van der Waals surface area contributed by atoms with E-state index in [9.17, 15) is 24.0 Å². The van der Waals surface area contributed by atoms with Crippen LogP contribution in [0.4, 0.5) is 0 Å². The minimum Gasteiger partial charge on any atom is -0.340 e. The summed E-state index contributed by atoms with van der Waals surface area (Å²) in [5, 5.41) is 0.781. The van der Waals surface area contributed by atoms with Crippen molar-refractivity contribution >= 4 is 45.1 Å². The molecule has 1 unspecified atom stereocenters. The highest BCUT2D eigenvalue weighted by molar-refractivity contribution is 6.05. The molecule has 1 amide bonds. The predicted molar refractivity (Wildman–Crippen MR) is 104 cm³/mol. The third-order valence-corrected chi connectivity index (χ3v) is 5.01. The largest absolute Gasteiger partial charge is 0.345 e. The maximum absolute atomic E-state index is 13.2. The molecular weight excluding hydrogens is 392 g/mol. The fraction of sp³-hybridized carbons (Fsp3) is 0.100. The fourth-order valence-electron chi connectivity index (χ4n) is 3.56. The summed E-state index contributed by atoms with van der Waals surface area (Å²) in [7, 11) is 0. The lowest BCUT2D eigenvalue weighted by Crippen LogP contribution is -2.39. The zero-order valence-electron chi connectivity index (χ0n) is 15.2. The van der Waals surface area contributed by atoms with Gasteiger partial charge in [0.25, 0.3) is 17.0 Å². The van der Waals surface area contributed by atoms with Gasteiger partial charge in [-0.1, -0.05) is 30.3 Å². The quantitative estimate of drug-likeness (QED) is 0.291. The van der Waals surface area contributed by atoms with E-state index in [-0.39, 0.29) is 16.4 Å². The summed E-state index contributed by atoms with van der Waals surface area (Å²) in [4.78, 5) is 71.8. The van der Waals surface area contributed by atoms with Crippen LogP contribution in [0.2, 0.25) is 0 Å². The second-order valence-electron chi connectivity index (χ2n) is 6.77. The van der Waals surface area contributed by atoms with Crippen LogP contribution in [0.5, 0.6) is 0 Å². The first kappa shape index (κ1) is 17.7. The number of carbonyl (C=O) groups is 3. The zero-order chi connectivity index (χ0) is 21.0. The van der Waals surface area contributed by atoms with Crippen LogP contribution in [-0.2, 0) is 14.4 Å². The van der Waals surface area contributed by atoms with Crippen LogP contribution in [0, 0.1) is 5.92 Å². The van der Waals surface area contributed by atoms with Gasteiger partial charge in [-0.25, -0.2) is 9.78 Å². The Hall–Kier alpha value is -4.34. The fourth-order valence-corrected chi connectivity index (χ4v) is 3.56. The number of benzene rings is 2. The summed E-state index contributed by atoms with van der Waals surface area (Å²) in [5.41, 5.74) is 1.03. The second-order valence-corrected chi connectivity index (χ2v) is 6.77. The molecule has 5 rings (SSSR count). The average molecular weight is 404 g/mol. The lowest BCUT2D eigenvalue weighted by atomic mass is 10.1. The topological polar surface area (TPSA) is 129 Å². The number of nitrogens with one attached hydrogen (secondary N) is 1. The van der Waals surface area contributed by atoms with Crippen molar-refractivity contribution in [2.75, 3.05) is 0 Å². The van der Waals surface area contributed by atoms with Gasteiger partial charge in [0.1, 0.15) is 5.92 Å². The van der Waals surface area contributed by atoms with E-state index in [2.05, 4.69) is 9.82 Å². The number of nitrogens with zero attached hydrogens (tertiary/aromatic N) is 3. The third-order valence-electron chi connectivity index (χ3n) is 5.01. The summed E-state index contributed by atoms with van der Waals surface area (Å²) in [6, 6.07) is 13.0. The number of para-hydroxylation sites is 1. The van der Waals surface area contributed by atoms with E-state index < -0.39 is 41.2 Å². The molecule has 0 aliphatic carbocycles. The van der Waals surface area contributed by atoms with Crippen molar-refractivity contribution in [2.45, 2.75) is 6.42 Å². The standard InChI is InChI=1S/C20H12N4O6/c25-15(9-13-17(26)22-30-20(13)29)23-18(27)11-6-2-1-5-10(11)16-21-14-8-4-3-7-12(14)19(28)24(16)23/h1-8,13H,9H2,(H,22,26). The van der Waals surface area contributed by atoms with Crippen LogP contribution in [0.1, 0.15) is 11.2 Å². The number of aromatic nitrogens is 3. The molecule has 1 aliphatic heterocycles. The van der Waals surface area contributed by atoms with Crippen molar-refractivity contribution in [1.29, 1.82) is 0 Å². The first-order valence-electron chi connectivity index (χ1n) is 8.96. The van der Waals surface area contributed by atoms with Crippen molar-refractivity contribution < 1.29 is 19.2 Å². The van der Waals surface area contributed by atoms with Gasteiger partial charge in [0.15, 0.2) is 5.65 Å². The lowest BCUT2D eigenvalue weighted by molar-refractivity contribution is -0.146. The Morgan fingerprint density at radius 1 is 0.933 bits per heavy atom. The van der Waals surface area contributed by atoms with Crippen molar-refractivity contribution in [3.05, 3.63) is 69.2 Å². The van der Waals surface area contributed by atoms with Crippen LogP contribution in [0.15, 0.2) is 58.1 Å². The molecule has 10 heteroatoms. The molecule has 2 aromatic carbocycles. The van der Waals surface area contributed by atoms with Gasteiger partial charge in [0, 0.05) is 5.39 Å². The monoisotopic (exact) mass is 404 g/mol. The van der Waals surface area contributed by atoms with Crippen LogP contribution in [-0.4, -0.2) is 32.0 Å². The Kier molecular flexibility index (Phi) is 3.75. The average Bonchev–Trinajstić information content (AvgIpc) is 3.07. The summed E-state index contributed by atoms with van der Waals surface area (Å²) in [6.07, 6.45) is -0.642. The van der Waals surface area contributed by atoms with E-state index >= 15 is 0 Å². The summed E-state index contributed by atoms with van der Waals surface area (Å²) >= 11 is 0. The van der Waals surface area contributed by atoms with E-state index in [1.54, 1.807) is 36.4 Å². The maximum Gasteiger partial charge on any atom is 0.345 e. The van der Waals surface area contributed by atoms with Crippen molar-refractivity contribution in [1.82, 2.24) is 19.7 Å². The molecule has 1 aliphatic rings. The Morgan fingerprint density at radius 3 is 2.30 bits per heavy atom. The molecule has 0 saturated carbocycles. The first-order chi connectivity index (χ1) is 14.5. The molecule has 0 bridgehead atoms. The van der Waals surface area contributed by atoms with Crippen LogP contribution < -0.4 is 16.6 Å². The second kappa shape index (κ2) is 6.34. The number of hydroxylamine groups is 1. The zero-order valence-corrected chi connectivity index (χ0v) is 15.2. The number of amides is 1. The SMILES string of the molecule is O=C1NOC(=O)C1CC(=O)n1c(=O)c2ccccc2c2nc3ccccc3c(=O)n21. The van der Waals surface area contributed by atoms with Gasteiger partial charge in [-0.2, -0.15) is 14.7 Å². The number of hydrogen-bond acceptors (Lipinski definition) is 7. The van der Waals surface area contributed by atoms with Crippen LogP contribution in [0.25, 0.3) is 27.3 Å². The van der Waals surface area contributed by atoms with Crippen molar-refractivity contribution in [2.24, 2.45) is 5.92 Å². The van der Waals surface area contributed by atoms with Gasteiger partial charge in [0.2, 0.25) is 5.91 Å². The van der Waals surface area contributed by atoms with Gasteiger partial charge in [-0.15, -0.1) is 0 Å². The molecule has 148 valence electrons. The van der Waals surface area contributed by atoms with E-state index in [0.29, 0.717) is 15.6 Å². The number of hydrogen-bond donors (Lipinski definition) is 1. The Morgan fingerprint density at radius 2 is 1.60 bits per heavy atom. The summed E-state index contributed by atoms with van der Waals surface area (Å²) in [6.45, 7) is 0. The van der Waals surface area contributed by atoms with Gasteiger partial charge in [-0.3, -0.25) is 19.2 Å². The molecule has 4 aromatic rings. The minimum absolute atomic E-state index is 0.112. The Labute approximate surface area is 166 Å². The summed E-state index contributed by atoms with van der Waals surface area (Å²) < 4.78 is 1.53. The van der Waals surface area contributed by atoms with Crippen molar-refractivity contribution in [3.8, 4) is 0 Å². The molecule has 1 fully saturated rings. The highest BCUT2D eigenvalue weighted by atomic mass is 16.7. The minimum atomic E-state index is -1.41. The van der Waals surface area contributed by atoms with E-state index in [1.807, 2.05) is 5.48 Å². The van der Waals surface area contributed by atoms with Gasteiger partial charge in [0.05, 0.1) is 22.7 Å². The molecule has 1 saturated heterocycles. The number of rotatable bonds is 2. The van der Waals surface area contributed by atoms with Gasteiger partial charge >= 0.3 is 5.97 Å². The lowest BCUT2D eigenvalue weighted by Gasteiger charge is -2.14. The van der Waals surface area contributed by atoms with Gasteiger partial charge < -0.3 is 4.84 Å². The molecular formula is C20H12N4O6. The van der Waals surface area contributed by atoms with Gasteiger partial charge in [-0.05, 0) is 18.2 Å². The van der Waals surface area contributed by atoms with E-state index in [1.165, 1.54) is 12.1 Å². The molecule has 3 heterocycles. The van der Waals surface area contributed by atoms with Crippen molar-refractivity contribution in [3.63, 3.8) is 0 Å². The third kappa shape index (κ3) is 2.43. The van der Waals surface area contributed by atoms with E-state index in [4.69, 9.17) is 0 Å².